The van der Waals surface area contributed by atoms with E-state index in [1.54, 1.807) is 12.1 Å². The summed E-state index contributed by atoms with van der Waals surface area (Å²) >= 11 is 3.50. The van der Waals surface area contributed by atoms with Crippen LogP contribution < -0.4 is 10.1 Å². The number of aromatic hydroxyl groups is 1. The van der Waals surface area contributed by atoms with Crippen LogP contribution in [0.3, 0.4) is 0 Å². The number of aryl methyl sites for hydroxylation is 1. The van der Waals surface area contributed by atoms with Gasteiger partial charge in [0.15, 0.2) is 17.3 Å². The van der Waals surface area contributed by atoms with Gasteiger partial charge in [0.2, 0.25) is 0 Å². The molecule has 21 heavy (non-hydrogen) atoms. The van der Waals surface area contributed by atoms with Crippen LogP contribution in [-0.2, 0) is 0 Å². The molecule has 2 rings (SSSR count). The van der Waals surface area contributed by atoms with Crippen LogP contribution in [0.25, 0.3) is 11.4 Å². The molecule has 5 nitrogen and oxygen atoms in total. The average Bonchev–Trinajstić information content (AvgIpc) is 2.48. The highest BCUT2D eigenvalue weighted by Gasteiger charge is 2.12. The summed E-state index contributed by atoms with van der Waals surface area (Å²) in [5, 5.41) is 13.1. The van der Waals surface area contributed by atoms with Gasteiger partial charge >= 0.3 is 0 Å². The first-order valence-corrected chi connectivity index (χ1v) is 7.51. The predicted octanol–water partition coefficient (Wildman–Crippen LogP) is 3.75. The van der Waals surface area contributed by atoms with Crippen LogP contribution in [0.15, 0.2) is 22.7 Å². The van der Waals surface area contributed by atoms with Gasteiger partial charge in [0.1, 0.15) is 5.82 Å². The molecule has 6 heteroatoms. The van der Waals surface area contributed by atoms with Crippen molar-refractivity contribution < 1.29 is 9.84 Å². The molecule has 0 fully saturated rings. The Morgan fingerprint density at radius 2 is 2.10 bits per heavy atom. The molecule has 0 amide bonds. The summed E-state index contributed by atoms with van der Waals surface area (Å²) in [5.41, 5.74) is 1.58. The number of anilines is 1. The van der Waals surface area contributed by atoms with Crippen molar-refractivity contribution in [3.8, 4) is 22.9 Å². The number of nitrogens with one attached hydrogen (secondary N) is 1. The van der Waals surface area contributed by atoms with E-state index in [0.717, 1.165) is 34.5 Å². The van der Waals surface area contributed by atoms with Gasteiger partial charge in [-0.1, -0.05) is 6.92 Å². The van der Waals surface area contributed by atoms with Crippen LogP contribution in [-0.4, -0.2) is 28.7 Å². The van der Waals surface area contributed by atoms with Gasteiger partial charge in [0.25, 0.3) is 0 Å². The van der Waals surface area contributed by atoms with Gasteiger partial charge in [-0.05, 0) is 47.5 Å². The first kappa shape index (κ1) is 15.6. The van der Waals surface area contributed by atoms with Crippen molar-refractivity contribution in [2.45, 2.75) is 20.3 Å². The molecular weight excluding hydrogens is 334 g/mol. The van der Waals surface area contributed by atoms with Gasteiger partial charge in [-0.3, -0.25) is 0 Å². The van der Waals surface area contributed by atoms with E-state index < -0.39 is 0 Å². The molecule has 0 unspecified atom stereocenters. The lowest BCUT2D eigenvalue weighted by atomic mass is 10.2. The Kier molecular flexibility index (Phi) is 5.01. The minimum absolute atomic E-state index is 0.0715. The fourth-order valence-corrected chi connectivity index (χ4v) is 2.20. The molecule has 1 aromatic heterocycles. The van der Waals surface area contributed by atoms with Gasteiger partial charge < -0.3 is 15.2 Å². The maximum atomic E-state index is 9.88. The highest BCUT2D eigenvalue weighted by Crippen LogP contribution is 2.32. The third-order valence-corrected chi connectivity index (χ3v) is 3.95. The number of phenols is 1. The van der Waals surface area contributed by atoms with Gasteiger partial charge in [-0.25, -0.2) is 9.97 Å². The Labute approximate surface area is 132 Å². The molecule has 1 aromatic carbocycles. The molecule has 0 saturated carbocycles. The lowest BCUT2D eigenvalue weighted by Crippen LogP contribution is -2.06. The first-order valence-electron chi connectivity index (χ1n) is 6.72. The van der Waals surface area contributed by atoms with E-state index in [1.165, 1.54) is 7.11 Å². The fraction of sp³-hybridized carbons (Fsp3) is 0.333. The summed E-state index contributed by atoms with van der Waals surface area (Å²) < 4.78 is 5.90. The molecule has 0 aliphatic rings. The van der Waals surface area contributed by atoms with Gasteiger partial charge in [0, 0.05) is 12.1 Å². The Morgan fingerprint density at radius 1 is 1.33 bits per heavy atom. The summed E-state index contributed by atoms with van der Waals surface area (Å²) in [6.45, 7) is 4.84. The van der Waals surface area contributed by atoms with Crippen molar-refractivity contribution in [3.63, 3.8) is 0 Å². The van der Waals surface area contributed by atoms with Crippen molar-refractivity contribution in [2.24, 2.45) is 0 Å². The van der Waals surface area contributed by atoms with E-state index in [1.807, 2.05) is 13.0 Å². The number of benzene rings is 1. The highest BCUT2D eigenvalue weighted by atomic mass is 79.9. The monoisotopic (exact) mass is 351 g/mol. The molecule has 1 heterocycles. The lowest BCUT2D eigenvalue weighted by molar-refractivity contribution is 0.373. The van der Waals surface area contributed by atoms with Gasteiger partial charge in [-0.2, -0.15) is 0 Å². The molecule has 112 valence electrons. The standard InChI is InChI=1S/C15H18BrN3O2/c1-4-7-17-15-13(16)9(2)18-14(19-15)10-5-6-12(21-3)11(20)8-10/h5-6,8,20H,4,7H2,1-3H3,(H,17,18,19). The van der Waals surface area contributed by atoms with Crippen LogP contribution >= 0.6 is 15.9 Å². The molecule has 0 atom stereocenters. The van der Waals surface area contributed by atoms with Crippen molar-refractivity contribution >= 4 is 21.7 Å². The van der Waals surface area contributed by atoms with Crippen molar-refractivity contribution in [1.29, 1.82) is 0 Å². The number of hydrogen-bond donors (Lipinski definition) is 2. The minimum atomic E-state index is 0.0715. The minimum Gasteiger partial charge on any atom is -0.504 e. The third-order valence-electron chi connectivity index (χ3n) is 3.00. The van der Waals surface area contributed by atoms with Crippen molar-refractivity contribution in [2.75, 3.05) is 19.0 Å². The molecular formula is C15H18BrN3O2. The van der Waals surface area contributed by atoms with Crippen LogP contribution in [0.1, 0.15) is 19.0 Å². The van der Waals surface area contributed by atoms with Crippen molar-refractivity contribution in [3.05, 3.63) is 28.4 Å². The number of rotatable bonds is 5. The normalized spacial score (nSPS) is 10.5. The zero-order valence-electron chi connectivity index (χ0n) is 12.3. The van der Waals surface area contributed by atoms with Crippen LogP contribution in [0.5, 0.6) is 11.5 Å². The van der Waals surface area contributed by atoms with Crippen LogP contribution in [0, 0.1) is 6.92 Å². The van der Waals surface area contributed by atoms with Crippen molar-refractivity contribution in [1.82, 2.24) is 9.97 Å². The maximum absolute atomic E-state index is 9.88. The third kappa shape index (κ3) is 3.44. The SMILES string of the molecule is CCCNc1nc(-c2ccc(OC)c(O)c2)nc(C)c1Br. The zero-order valence-corrected chi connectivity index (χ0v) is 13.9. The number of aromatic nitrogens is 2. The zero-order chi connectivity index (χ0) is 15.4. The molecule has 0 aliphatic heterocycles. The average molecular weight is 352 g/mol. The summed E-state index contributed by atoms with van der Waals surface area (Å²) in [6, 6.07) is 5.13. The van der Waals surface area contributed by atoms with E-state index in [4.69, 9.17) is 4.74 Å². The van der Waals surface area contributed by atoms with Crippen LogP contribution in [0.4, 0.5) is 5.82 Å². The van der Waals surface area contributed by atoms with E-state index in [-0.39, 0.29) is 5.75 Å². The fourth-order valence-electron chi connectivity index (χ4n) is 1.88. The predicted molar refractivity (Wildman–Crippen MR) is 86.9 cm³/mol. The number of ether oxygens (including phenoxy) is 1. The summed E-state index contributed by atoms with van der Waals surface area (Å²) in [5.74, 6) is 1.82. The molecule has 2 N–H and O–H groups in total. The smallest absolute Gasteiger partial charge is 0.161 e. The molecule has 0 saturated heterocycles. The second kappa shape index (κ2) is 6.76. The van der Waals surface area contributed by atoms with E-state index in [9.17, 15) is 5.11 Å². The van der Waals surface area contributed by atoms with E-state index >= 15 is 0 Å². The van der Waals surface area contributed by atoms with Gasteiger partial charge in [0.05, 0.1) is 17.3 Å². The number of halogens is 1. The number of nitrogens with zero attached hydrogens (tertiary/aromatic N) is 2. The Hall–Kier alpha value is -1.82. The largest absolute Gasteiger partial charge is 0.504 e. The molecule has 0 bridgehead atoms. The lowest BCUT2D eigenvalue weighted by Gasteiger charge is -2.11. The molecule has 0 radical (unpaired) electrons. The number of phenolic OH excluding ortho intramolecular Hbond substituents is 1. The highest BCUT2D eigenvalue weighted by molar-refractivity contribution is 9.10. The second-order valence-corrected chi connectivity index (χ2v) is 5.40. The van der Waals surface area contributed by atoms with Crippen LogP contribution in [0.2, 0.25) is 0 Å². The molecule has 0 spiro atoms. The second-order valence-electron chi connectivity index (χ2n) is 4.61. The van der Waals surface area contributed by atoms with E-state index in [0.29, 0.717) is 11.6 Å². The quantitative estimate of drug-likeness (QED) is 0.858. The summed E-state index contributed by atoms with van der Waals surface area (Å²) in [4.78, 5) is 8.97. The summed E-state index contributed by atoms with van der Waals surface area (Å²) in [6.07, 6.45) is 1.01. The number of hydrogen-bond acceptors (Lipinski definition) is 5. The maximum Gasteiger partial charge on any atom is 0.161 e. The Balaban J connectivity index is 2.43. The van der Waals surface area contributed by atoms with Gasteiger partial charge in [-0.15, -0.1) is 0 Å². The Bertz CT molecular complexity index is 647. The molecule has 2 aromatic rings. The first-order chi connectivity index (χ1) is 10.1. The Morgan fingerprint density at radius 3 is 2.71 bits per heavy atom. The van der Waals surface area contributed by atoms with E-state index in [2.05, 4.69) is 38.1 Å². The number of methoxy groups -OCH3 is 1. The molecule has 0 aliphatic carbocycles. The summed E-state index contributed by atoms with van der Waals surface area (Å²) in [7, 11) is 1.52. The topological polar surface area (TPSA) is 67.3 Å².